The second-order valence-electron chi connectivity index (χ2n) is 6.00. The number of nitrogens with one attached hydrogen (secondary N) is 1. The summed E-state index contributed by atoms with van der Waals surface area (Å²) in [5, 5.41) is 12.9. The third-order valence-corrected chi connectivity index (χ3v) is 5.51. The summed E-state index contributed by atoms with van der Waals surface area (Å²) in [4.78, 5) is 26.8. The maximum Gasteiger partial charge on any atom is 0.410 e. The van der Waals surface area contributed by atoms with E-state index in [1.807, 2.05) is 0 Å². The van der Waals surface area contributed by atoms with Gasteiger partial charge in [-0.05, 0) is 30.9 Å². The van der Waals surface area contributed by atoms with Gasteiger partial charge in [-0.1, -0.05) is 36.4 Å². The Kier molecular flexibility index (Phi) is 8.30. The van der Waals surface area contributed by atoms with E-state index < -0.39 is 0 Å². The zero-order valence-corrected chi connectivity index (χ0v) is 17.2. The van der Waals surface area contributed by atoms with Crippen LogP contribution in [0.25, 0.3) is 0 Å². The maximum absolute atomic E-state index is 12.3. The van der Waals surface area contributed by atoms with Crippen LogP contribution in [0.1, 0.15) is 35.8 Å². The predicted octanol–water partition coefficient (Wildman–Crippen LogP) is 4.72. The highest BCUT2D eigenvalue weighted by Gasteiger charge is 2.28. The van der Waals surface area contributed by atoms with Gasteiger partial charge in [0.25, 0.3) is 0 Å². The number of hydrogen-bond acceptors (Lipinski definition) is 5. The Bertz CT molecular complexity index is 852. The number of anilines is 1. The number of nitriles is 1. The molecule has 2 heterocycles. The second-order valence-corrected chi connectivity index (χ2v) is 7.36. The van der Waals surface area contributed by atoms with Crippen molar-refractivity contribution in [3.63, 3.8) is 0 Å². The molecule has 0 bridgehead atoms. The molecule has 0 saturated carbocycles. The minimum atomic E-state index is -0.361. The van der Waals surface area contributed by atoms with Crippen molar-refractivity contribution < 1.29 is 14.3 Å². The van der Waals surface area contributed by atoms with E-state index in [1.165, 1.54) is 16.9 Å². The van der Waals surface area contributed by atoms with Crippen molar-refractivity contribution in [3.05, 3.63) is 51.9 Å². The molecule has 2 amide bonds. The number of nitrogens with zero attached hydrogens (tertiary/aromatic N) is 2. The summed E-state index contributed by atoms with van der Waals surface area (Å²) in [6.07, 6.45) is 6.13. The molecule has 0 saturated heterocycles. The topological polar surface area (TPSA) is 82.4 Å². The van der Waals surface area contributed by atoms with Crippen LogP contribution in [0.5, 0.6) is 0 Å². The van der Waals surface area contributed by atoms with Crippen LogP contribution in [0.4, 0.5) is 9.80 Å². The number of ether oxygens (including phenoxy) is 1. The highest BCUT2D eigenvalue weighted by molar-refractivity contribution is 7.16. The average molecular weight is 420 g/mol. The molecule has 0 aliphatic carbocycles. The maximum atomic E-state index is 12.3. The summed E-state index contributed by atoms with van der Waals surface area (Å²) in [6, 6.07) is 2.19. The Balaban J connectivity index is 2.07. The molecule has 1 aliphatic heterocycles. The van der Waals surface area contributed by atoms with Crippen molar-refractivity contribution in [2.45, 2.75) is 32.7 Å². The van der Waals surface area contributed by atoms with Gasteiger partial charge in [-0.2, -0.15) is 5.26 Å². The fourth-order valence-corrected chi connectivity index (χ4v) is 4.14. The summed E-state index contributed by atoms with van der Waals surface area (Å²) in [5.74, 6) is -0.181. The van der Waals surface area contributed by atoms with E-state index in [4.69, 9.17) is 16.3 Å². The number of amides is 2. The number of thiophene rings is 1. The molecule has 28 heavy (non-hydrogen) atoms. The molecule has 1 aromatic rings. The largest absolute Gasteiger partial charge is 0.450 e. The Morgan fingerprint density at radius 3 is 2.89 bits per heavy atom. The molecule has 1 N–H and O–H groups in total. The van der Waals surface area contributed by atoms with Crippen molar-refractivity contribution in [1.82, 2.24) is 4.90 Å². The normalized spacial score (nSPS) is 13.8. The van der Waals surface area contributed by atoms with Crippen LogP contribution in [0.3, 0.4) is 0 Å². The van der Waals surface area contributed by atoms with Gasteiger partial charge in [-0.3, -0.25) is 4.79 Å². The van der Waals surface area contributed by atoms with E-state index in [-0.39, 0.29) is 18.4 Å². The number of carbonyl (C=O) groups is 2. The van der Waals surface area contributed by atoms with E-state index in [0.717, 1.165) is 16.0 Å². The van der Waals surface area contributed by atoms with Crippen LogP contribution in [0, 0.1) is 11.3 Å². The fraction of sp³-hybridized carbons (Fsp3) is 0.350. The van der Waals surface area contributed by atoms with Gasteiger partial charge in [0.05, 0.1) is 18.7 Å². The first-order valence-corrected chi connectivity index (χ1v) is 10.1. The molecule has 1 aliphatic rings. The van der Waals surface area contributed by atoms with Crippen LogP contribution in [-0.4, -0.2) is 30.1 Å². The van der Waals surface area contributed by atoms with Crippen LogP contribution in [0.15, 0.2) is 35.9 Å². The first-order valence-electron chi connectivity index (χ1n) is 8.88. The lowest BCUT2D eigenvalue weighted by Gasteiger charge is -2.25. The number of fused-ring (bicyclic) bond motifs is 1. The van der Waals surface area contributed by atoms with Gasteiger partial charge in [-0.15, -0.1) is 11.3 Å². The van der Waals surface area contributed by atoms with Crippen molar-refractivity contribution in [2.24, 2.45) is 0 Å². The van der Waals surface area contributed by atoms with Crippen molar-refractivity contribution >= 4 is 39.9 Å². The molecule has 148 valence electrons. The standard InChI is InChI=1S/C20H22ClN3O3S/c1-3-14(6-5-10-21)7-8-18(25)23-19-16(12-22)15-9-11-24(13-17(15)28-19)20(26)27-4-2/h3,5-6,10H,1,4,7-9,11,13H2,2H3,(H,23,25). The highest BCUT2D eigenvalue weighted by Crippen LogP contribution is 2.37. The average Bonchev–Trinajstić information content (AvgIpc) is 3.04. The Morgan fingerprint density at radius 2 is 2.25 bits per heavy atom. The summed E-state index contributed by atoms with van der Waals surface area (Å²) in [5.41, 5.74) is 3.67. The minimum absolute atomic E-state index is 0.181. The Hall–Kier alpha value is -2.56. The predicted molar refractivity (Wildman–Crippen MR) is 111 cm³/mol. The van der Waals surface area contributed by atoms with Crippen LogP contribution < -0.4 is 5.32 Å². The van der Waals surface area contributed by atoms with Gasteiger partial charge < -0.3 is 15.0 Å². The Labute approximate surface area is 173 Å². The number of carbonyl (C=O) groups excluding carboxylic acids is 2. The Morgan fingerprint density at radius 1 is 1.46 bits per heavy atom. The lowest BCUT2D eigenvalue weighted by atomic mass is 10.0. The van der Waals surface area contributed by atoms with Gasteiger partial charge in [0.2, 0.25) is 5.91 Å². The van der Waals surface area contributed by atoms with E-state index >= 15 is 0 Å². The second kappa shape index (κ2) is 10.7. The third kappa shape index (κ3) is 5.47. The molecule has 0 radical (unpaired) electrons. The lowest BCUT2D eigenvalue weighted by molar-refractivity contribution is -0.116. The molecule has 0 atom stereocenters. The molecule has 1 aromatic heterocycles. The summed E-state index contributed by atoms with van der Waals surface area (Å²) in [6.45, 7) is 6.68. The molecule has 0 spiro atoms. The first-order chi connectivity index (χ1) is 13.5. The molecule has 0 unspecified atom stereocenters. The zero-order chi connectivity index (χ0) is 20.5. The van der Waals surface area contributed by atoms with Gasteiger partial charge in [0.1, 0.15) is 11.1 Å². The van der Waals surface area contributed by atoms with Crippen LogP contribution in [0.2, 0.25) is 0 Å². The van der Waals surface area contributed by atoms with Crippen LogP contribution in [-0.2, 0) is 22.5 Å². The van der Waals surface area contributed by atoms with Crippen molar-refractivity contribution in [3.8, 4) is 6.07 Å². The number of hydrogen-bond donors (Lipinski definition) is 1. The fourth-order valence-electron chi connectivity index (χ4n) is 2.84. The van der Waals surface area contributed by atoms with Crippen molar-refractivity contribution in [1.29, 1.82) is 5.26 Å². The molecular weight excluding hydrogens is 398 g/mol. The van der Waals surface area contributed by atoms with Crippen molar-refractivity contribution in [2.75, 3.05) is 18.5 Å². The monoisotopic (exact) mass is 419 g/mol. The number of halogens is 1. The van der Waals surface area contributed by atoms with Gasteiger partial charge in [-0.25, -0.2) is 4.79 Å². The molecule has 0 fully saturated rings. The van der Waals surface area contributed by atoms with E-state index in [0.29, 0.717) is 43.1 Å². The smallest absolute Gasteiger partial charge is 0.410 e. The van der Waals surface area contributed by atoms with E-state index in [1.54, 1.807) is 30.1 Å². The number of rotatable bonds is 7. The molecule has 6 nitrogen and oxygen atoms in total. The molecular formula is C20H22ClN3O3S. The SMILES string of the molecule is C=CC(=CC=CCl)CCC(=O)Nc1sc2c(c1C#N)CCN(C(=O)OCC)C2. The summed E-state index contributed by atoms with van der Waals surface area (Å²) in [7, 11) is 0. The number of allylic oxidation sites excluding steroid dienone is 4. The summed E-state index contributed by atoms with van der Waals surface area (Å²) >= 11 is 6.84. The molecule has 2 rings (SSSR count). The first kappa shape index (κ1) is 21.7. The minimum Gasteiger partial charge on any atom is -0.450 e. The van der Waals surface area contributed by atoms with Gasteiger partial charge >= 0.3 is 6.09 Å². The van der Waals surface area contributed by atoms with Gasteiger partial charge in [0, 0.05) is 23.4 Å². The molecule has 8 heteroatoms. The third-order valence-electron chi connectivity index (χ3n) is 4.23. The highest BCUT2D eigenvalue weighted by atomic mass is 35.5. The summed E-state index contributed by atoms with van der Waals surface area (Å²) < 4.78 is 5.05. The quantitative estimate of drug-likeness (QED) is 0.648. The molecule has 0 aromatic carbocycles. The van der Waals surface area contributed by atoms with Gasteiger partial charge in [0.15, 0.2) is 0 Å². The zero-order valence-electron chi connectivity index (χ0n) is 15.7. The lowest BCUT2D eigenvalue weighted by Crippen LogP contribution is -2.35. The van der Waals surface area contributed by atoms with E-state index in [2.05, 4.69) is 18.0 Å². The van der Waals surface area contributed by atoms with Crippen LogP contribution >= 0.6 is 22.9 Å². The van der Waals surface area contributed by atoms with E-state index in [9.17, 15) is 14.9 Å².